The monoisotopic (exact) mass is 371 g/mol. The number of hydrogen-bond donors (Lipinski definition) is 3. The van der Waals surface area contributed by atoms with Crippen LogP contribution in [0.1, 0.15) is 117 Å². The zero-order valence-electron chi connectivity index (χ0n) is 17.5. The van der Waals surface area contributed by atoms with Crippen molar-refractivity contribution in [2.75, 3.05) is 6.61 Å². The Kier molecular flexibility index (Phi) is 18.7. The van der Waals surface area contributed by atoms with Gasteiger partial charge in [0, 0.05) is 6.92 Å². The van der Waals surface area contributed by atoms with E-state index in [1.807, 2.05) is 0 Å². The first-order valence-electron chi connectivity index (χ1n) is 11.2. The average molecular weight is 372 g/mol. The molecule has 0 aromatic rings. The van der Waals surface area contributed by atoms with Crippen molar-refractivity contribution in [3.8, 4) is 0 Å². The maximum atomic E-state index is 11.0. The molecule has 0 bridgehead atoms. The van der Waals surface area contributed by atoms with Gasteiger partial charge in [-0.3, -0.25) is 4.79 Å². The summed E-state index contributed by atoms with van der Waals surface area (Å²) in [4.78, 5) is 11.0. The van der Waals surface area contributed by atoms with Gasteiger partial charge in [-0.2, -0.15) is 0 Å². The summed E-state index contributed by atoms with van der Waals surface area (Å²) in [5.41, 5.74) is 0. The highest BCUT2D eigenvalue weighted by Crippen LogP contribution is 2.14. The van der Waals surface area contributed by atoms with Crippen LogP contribution in [0, 0.1) is 0 Å². The van der Waals surface area contributed by atoms with Gasteiger partial charge in [0.2, 0.25) is 5.91 Å². The topological polar surface area (TPSA) is 69.6 Å². The fourth-order valence-electron chi connectivity index (χ4n) is 3.45. The lowest BCUT2D eigenvalue weighted by atomic mass is 10.0. The summed E-state index contributed by atoms with van der Waals surface area (Å²) < 4.78 is 0. The maximum Gasteiger partial charge on any atom is 0.217 e. The van der Waals surface area contributed by atoms with Crippen LogP contribution in [-0.4, -0.2) is 34.9 Å². The van der Waals surface area contributed by atoms with E-state index in [9.17, 15) is 15.0 Å². The zero-order chi connectivity index (χ0) is 19.5. The molecule has 26 heavy (non-hydrogen) atoms. The molecule has 4 heteroatoms. The molecule has 2 atom stereocenters. The summed E-state index contributed by atoms with van der Waals surface area (Å²) in [5, 5.41) is 21.8. The molecule has 1 amide bonds. The van der Waals surface area contributed by atoms with E-state index in [2.05, 4.69) is 12.2 Å². The highest BCUT2D eigenvalue weighted by atomic mass is 16.3. The molecule has 0 spiro atoms. The van der Waals surface area contributed by atoms with E-state index in [1.54, 1.807) is 0 Å². The van der Waals surface area contributed by atoms with Crippen LogP contribution >= 0.6 is 0 Å². The summed E-state index contributed by atoms with van der Waals surface area (Å²) >= 11 is 0. The summed E-state index contributed by atoms with van der Waals surface area (Å²) in [6, 6.07) is -0.529. The van der Waals surface area contributed by atoms with E-state index in [4.69, 9.17) is 0 Å². The van der Waals surface area contributed by atoms with Crippen molar-refractivity contribution in [3.05, 3.63) is 0 Å². The second-order valence-corrected chi connectivity index (χ2v) is 7.80. The molecule has 3 N–H and O–H groups in total. The quantitative estimate of drug-likeness (QED) is 0.276. The van der Waals surface area contributed by atoms with E-state index in [0.29, 0.717) is 6.42 Å². The number of aliphatic hydroxyl groups is 2. The lowest BCUT2D eigenvalue weighted by Crippen LogP contribution is -2.44. The third-order valence-electron chi connectivity index (χ3n) is 5.15. The summed E-state index contributed by atoms with van der Waals surface area (Å²) in [6.45, 7) is 3.46. The maximum absolute atomic E-state index is 11.0. The van der Waals surface area contributed by atoms with Gasteiger partial charge in [-0.1, -0.05) is 103 Å². The molecule has 0 unspecified atom stereocenters. The van der Waals surface area contributed by atoms with E-state index < -0.39 is 12.1 Å². The molecule has 0 fully saturated rings. The second-order valence-electron chi connectivity index (χ2n) is 7.80. The van der Waals surface area contributed by atoms with E-state index in [1.165, 1.54) is 90.4 Å². The average Bonchev–Trinajstić information content (AvgIpc) is 2.62. The van der Waals surface area contributed by atoms with Gasteiger partial charge in [-0.25, -0.2) is 0 Å². The van der Waals surface area contributed by atoms with Gasteiger partial charge in [0.25, 0.3) is 0 Å². The first kappa shape index (κ1) is 25.4. The largest absolute Gasteiger partial charge is 0.394 e. The number of unbranched alkanes of at least 4 members (excludes halogenated alkanes) is 14. The molecule has 0 aromatic carbocycles. The third-order valence-corrected chi connectivity index (χ3v) is 5.15. The van der Waals surface area contributed by atoms with Gasteiger partial charge >= 0.3 is 0 Å². The van der Waals surface area contributed by atoms with Gasteiger partial charge in [0.05, 0.1) is 18.8 Å². The van der Waals surface area contributed by atoms with Crippen LogP contribution < -0.4 is 5.32 Å². The fraction of sp³-hybridized carbons (Fsp3) is 0.955. The van der Waals surface area contributed by atoms with Crippen molar-refractivity contribution in [2.24, 2.45) is 0 Å². The summed E-state index contributed by atoms with van der Waals surface area (Å²) in [7, 11) is 0. The minimum atomic E-state index is -0.647. The van der Waals surface area contributed by atoms with Crippen LogP contribution in [0.3, 0.4) is 0 Å². The Labute approximate surface area is 162 Å². The Morgan fingerprint density at radius 2 is 1.15 bits per heavy atom. The molecular weight excluding hydrogens is 326 g/mol. The SMILES string of the molecule is CCCCCCCCCCCCCCCCC[C@@H](O)[C@H](CO)NC(C)=O. The van der Waals surface area contributed by atoms with Crippen LogP contribution in [-0.2, 0) is 4.79 Å². The number of rotatable bonds is 19. The number of carbonyl (C=O) groups excluding carboxylic acids is 1. The number of amides is 1. The Balaban J connectivity index is 3.29. The highest BCUT2D eigenvalue weighted by molar-refractivity contribution is 5.73. The molecule has 0 aliphatic heterocycles. The van der Waals surface area contributed by atoms with E-state index >= 15 is 0 Å². The van der Waals surface area contributed by atoms with Crippen molar-refractivity contribution in [1.29, 1.82) is 0 Å². The Bertz CT molecular complexity index is 310. The van der Waals surface area contributed by atoms with Crippen molar-refractivity contribution in [3.63, 3.8) is 0 Å². The Hall–Kier alpha value is -0.610. The molecular formula is C22H45NO3. The smallest absolute Gasteiger partial charge is 0.217 e. The molecule has 0 aromatic heterocycles. The Morgan fingerprint density at radius 1 is 0.769 bits per heavy atom. The van der Waals surface area contributed by atoms with Crippen LogP contribution in [0.25, 0.3) is 0 Å². The highest BCUT2D eigenvalue weighted by Gasteiger charge is 2.18. The van der Waals surface area contributed by atoms with Gasteiger partial charge in [-0.05, 0) is 6.42 Å². The molecule has 0 radical (unpaired) electrons. The van der Waals surface area contributed by atoms with Crippen LogP contribution in [0.2, 0.25) is 0 Å². The van der Waals surface area contributed by atoms with Gasteiger partial charge in [0.1, 0.15) is 0 Å². The number of nitrogens with one attached hydrogen (secondary N) is 1. The summed E-state index contributed by atoms with van der Waals surface area (Å²) in [5.74, 6) is -0.209. The van der Waals surface area contributed by atoms with Gasteiger partial charge < -0.3 is 15.5 Å². The number of hydrogen-bond acceptors (Lipinski definition) is 3. The first-order chi connectivity index (χ1) is 12.6. The van der Waals surface area contributed by atoms with Crippen molar-refractivity contribution in [2.45, 2.75) is 129 Å². The second kappa shape index (κ2) is 19.2. The lowest BCUT2D eigenvalue weighted by molar-refractivity contribution is -0.121. The van der Waals surface area contributed by atoms with E-state index in [-0.39, 0.29) is 12.5 Å². The van der Waals surface area contributed by atoms with Gasteiger partial charge in [-0.15, -0.1) is 0 Å². The molecule has 0 saturated carbocycles. The van der Waals surface area contributed by atoms with Crippen LogP contribution in [0.15, 0.2) is 0 Å². The minimum Gasteiger partial charge on any atom is -0.394 e. The van der Waals surface area contributed by atoms with Crippen LogP contribution in [0.5, 0.6) is 0 Å². The molecule has 0 rings (SSSR count). The lowest BCUT2D eigenvalue weighted by Gasteiger charge is -2.21. The molecule has 0 saturated heterocycles. The first-order valence-corrected chi connectivity index (χ1v) is 11.2. The molecule has 0 aliphatic carbocycles. The molecule has 0 heterocycles. The van der Waals surface area contributed by atoms with Gasteiger partial charge in [0.15, 0.2) is 0 Å². The molecule has 4 nitrogen and oxygen atoms in total. The number of carbonyl (C=O) groups is 1. The van der Waals surface area contributed by atoms with Crippen LogP contribution in [0.4, 0.5) is 0 Å². The molecule has 156 valence electrons. The predicted octanol–water partition coefficient (Wildman–Crippen LogP) is 5.11. The Morgan fingerprint density at radius 3 is 1.50 bits per heavy atom. The van der Waals surface area contributed by atoms with Crippen molar-refractivity contribution >= 4 is 5.91 Å². The van der Waals surface area contributed by atoms with Crippen molar-refractivity contribution < 1.29 is 15.0 Å². The van der Waals surface area contributed by atoms with E-state index in [0.717, 1.165) is 12.8 Å². The normalized spacial score (nSPS) is 13.5. The standard InChI is InChI=1S/C22H45NO3/c1-3-4-5-6-7-8-9-10-11-12-13-14-15-16-17-18-22(26)21(19-24)23-20(2)25/h21-22,24,26H,3-19H2,1-2H3,(H,23,25)/t21-,22+/m0/s1. The third kappa shape index (κ3) is 16.8. The zero-order valence-corrected chi connectivity index (χ0v) is 17.5. The summed E-state index contributed by atoms with van der Waals surface area (Å²) in [6.07, 6.45) is 19.8. The van der Waals surface area contributed by atoms with Crippen molar-refractivity contribution in [1.82, 2.24) is 5.32 Å². The number of aliphatic hydroxyl groups excluding tert-OH is 2. The minimum absolute atomic E-state index is 0.209. The molecule has 0 aliphatic rings. The fourth-order valence-corrected chi connectivity index (χ4v) is 3.45. The predicted molar refractivity (Wildman–Crippen MR) is 110 cm³/mol.